The zero-order valence-electron chi connectivity index (χ0n) is 9.05. The molecule has 1 amide bonds. The summed E-state index contributed by atoms with van der Waals surface area (Å²) in [6, 6.07) is 2.09. The third-order valence-corrected chi connectivity index (χ3v) is 2.63. The molecule has 1 N–H and O–H groups in total. The molecular formula is C11H9F4NO2. The highest BCUT2D eigenvalue weighted by Crippen LogP contribution is 2.33. The minimum Gasteiger partial charge on any atom is -0.449 e. The summed E-state index contributed by atoms with van der Waals surface area (Å²) < 4.78 is 55.0. The van der Waals surface area contributed by atoms with Gasteiger partial charge in [-0.1, -0.05) is 6.07 Å². The lowest BCUT2D eigenvalue weighted by atomic mass is 10.0. The van der Waals surface area contributed by atoms with Crippen molar-refractivity contribution in [3.63, 3.8) is 0 Å². The van der Waals surface area contributed by atoms with Gasteiger partial charge < -0.3 is 10.1 Å². The first-order valence-corrected chi connectivity index (χ1v) is 5.18. The summed E-state index contributed by atoms with van der Waals surface area (Å²) in [5.74, 6) is -1.35. The predicted molar refractivity (Wildman–Crippen MR) is 53.2 cm³/mol. The molecule has 98 valence electrons. The Balaban J connectivity index is 2.26. The van der Waals surface area contributed by atoms with Gasteiger partial charge in [0.15, 0.2) is 0 Å². The SMILES string of the molecule is O=C1N[C@H](c2ccc(C(F)(F)F)c(F)c2)CCO1. The van der Waals surface area contributed by atoms with Crippen molar-refractivity contribution in [3.05, 3.63) is 35.1 Å². The van der Waals surface area contributed by atoms with Gasteiger partial charge in [0, 0.05) is 6.42 Å². The largest absolute Gasteiger partial charge is 0.449 e. The lowest BCUT2D eigenvalue weighted by Crippen LogP contribution is -2.35. The van der Waals surface area contributed by atoms with Crippen LogP contribution >= 0.6 is 0 Å². The van der Waals surface area contributed by atoms with Gasteiger partial charge in [0.1, 0.15) is 5.82 Å². The van der Waals surface area contributed by atoms with Gasteiger partial charge >= 0.3 is 12.3 Å². The minimum atomic E-state index is -4.72. The molecule has 7 heteroatoms. The van der Waals surface area contributed by atoms with E-state index >= 15 is 0 Å². The molecule has 1 aliphatic rings. The fourth-order valence-corrected chi connectivity index (χ4v) is 1.75. The summed E-state index contributed by atoms with van der Waals surface area (Å²) in [4.78, 5) is 11.0. The summed E-state index contributed by atoms with van der Waals surface area (Å²) in [5.41, 5.74) is -1.03. The molecule has 0 unspecified atom stereocenters. The third kappa shape index (κ3) is 2.55. The molecule has 0 bridgehead atoms. The molecule has 0 spiro atoms. The first-order valence-electron chi connectivity index (χ1n) is 5.18. The number of carbonyl (C=O) groups is 1. The van der Waals surface area contributed by atoms with Crippen LogP contribution in [0.3, 0.4) is 0 Å². The molecule has 1 atom stereocenters. The topological polar surface area (TPSA) is 38.3 Å². The molecule has 1 aromatic carbocycles. The molecule has 18 heavy (non-hydrogen) atoms. The number of amides is 1. The van der Waals surface area contributed by atoms with E-state index < -0.39 is 29.7 Å². The highest BCUT2D eigenvalue weighted by atomic mass is 19.4. The van der Waals surface area contributed by atoms with Crippen molar-refractivity contribution >= 4 is 6.09 Å². The van der Waals surface area contributed by atoms with E-state index in [1.165, 1.54) is 0 Å². The van der Waals surface area contributed by atoms with E-state index in [-0.39, 0.29) is 12.2 Å². The van der Waals surface area contributed by atoms with E-state index in [1.54, 1.807) is 0 Å². The molecule has 0 aliphatic carbocycles. The highest BCUT2D eigenvalue weighted by molar-refractivity contribution is 5.68. The number of rotatable bonds is 1. The number of hydrogen-bond acceptors (Lipinski definition) is 2. The van der Waals surface area contributed by atoms with E-state index in [2.05, 4.69) is 10.1 Å². The van der Waals surface area contributed by atoms with Gasteiger partial charge in [-0.25, -0.2) is 9.18 Å². The molecule has 1 saturated heterocycles. The Morgan fingerprint density at radius 3 is 2.61 bits per heavy atom. The predicted octanol–water partition coefficient (Wildman–Crippen LogP) is 3.02. The number of alkyl halides is 3. The number of ether oxygens (including phenoxy) is 1. The summed E-state index contributed by atoms with van der Waals surface area (Å²) >= 11 is 0. The van der Waals surface area contributed by atoms with Crippen LogP contribution in [0.1, 0.15) is 23.6 Å². The standard InChI is InChI=1S/C11H9F4NO2/c12-8-5-6(1-2-7(8)11(13,14)15)9-3-4-18-10(17)16-9/h1-2,5,9H,3-4H2,(H,16,17)/t9-/m0/s1. The highest BCUT2D eigenvalue weighted by Gasteiger charge is 2.34. The molecular weight excluding hydrogens is 254 g/mol. The maximum atomic E-state index is 13.3. The van der Waals surface area contributed by atoms with E-state index in [1.807, 2.05) is 0 Å². The maximum Gasteiger partial charge on any atom is 0.419 e. The van der Waals surface area contributed by atoms with E-state index in [0.717, 1.165) is 12.1 Å². The Morgan fingerprint density at radius 1 is 1.33 bits per heavy atom. The van der Waals surface area contributed by atoms with Crippen LogP contribution in [-0.2, 0) is 10.9 Å². The molecule has 0 saturated carbocycles. The van der Waals surface area contributed by atoms with Gasteiger partial charge in [0.25, 0.3) is 0 Å². The lowest BCUT2D eigenvalue weighted by Gasteiger charge is -2.24. The normalized spacial score (nSPS) is 20.2. The van der Waals surface area contributed by atoms with Crippen molar-refractivity contribution in [2.24, 2.45) is 0 Å². The quantitative estimate of drug-likeness (QED) is 0.791. The molecule has 1 heterocycles. The number of carbonyl (C=O) groups excluding carboxylic acids is 1. The Morgan fingerprint density at radius 2 is 2.06 bits per heavy atom. The molecule has 1 fully saturated rings. The minimum absolute atomic E-state index is 0.152. The van der Waals surface area contributed by atoms with Crippen LogP contribution < -0.4 is 5.32 Å². The second-order valence-corrected chi connectivity index (χ2v) is 3.86. The van der Waals surface area contributed by atoms with Crippen molar-refractivity contribution in [1.29, 1.82) is 0 Å². The van der Waals surface area contributed by atoms with Gasteiger partial charge in [-0.3, -0.25) is 0 Å². The van der Waals surface area contributed by atoms with Crippen molar-refractivity contribution in [2.45, 2.75) is 18.6 Å². The molecule has 0 aromatic heterocycles. The average molecular weight is 263 g/mol. The second-order valence-electron chi connectivity index (χ2n) is 3.86. The van der Waals surface area contributed by atoms with Crippen LogP contribution in [0.2, 0.25) is 0 Å². The third-order valence-electron chi connectivity index (χ3n) is 2.63. The number of cyclic esters (lactones) is 1. The fraction of sp³-hybridized carbons (Fsp3) is 0.364. The van der Waals surface area contributed by atoms with Crippen LogP contribution in [0.5, 0.6) is 0 Å². The zero-order valence-corrected chi connectivity index (χ0v) is 9.05. The van der Waals surface area contributed by atoms with Gasteiger partial charge in [-0.15, -0.1) is 0 Å². The number of benzene rings is 1. The number of halogens is 4. The molecule has 2 rings (SSSR count). The Hall–Kier alpha value is -1.79. The van der Waals surface area contributed by atoms with Crippen molar-refractivity contribution in [3.8, 4) is 0 Å². The first-order chi connectivity index (χ1) is 8.38. The van der Waals surface area contributed by atoms with E-state index in [4.69, 9.17) is 0 Å². The van der Waals surface area contributed by atoms with Crippen molar-refractivity contribution in [2.75, 3.05) is 6.61 Å². The summed E-state index contributed by atoms with van der Waals surface area (Å²) in [5, 5.41) is 2.41. The van der Waals surface area contributed by atoms with Crippen LogP contribution in [0.25, 0.3) is 0 Å². The van der Waals surface area contributed by atoms with Gasteiger partial charge in [-0.05, 0) is 17.7 Å². The average Bonchev–Trinajstić information content (AvgIpc) is 2.27. The summed E-state index contributed by atoms with van der Waals surface area (Å²) in [6.45, 7) is 0.152. The van der Waals surface area contributed by atoms with Gasteiger partial charge in [-0.2, -0.15) is 13.2 Å². The second kappa shape index (κ2) is 4.47. The number of hydrogen-bond donors (Lipinski definition) is 1. The maximum absolute atomic E-state index is 13.3. The Labute approximate surface area is 99.7 Å². The molecule has 1 aliphatic heterocycles. The van der Waals surface area contributed by atoms with Crippen LogP contribution in [-0.4, -0.2) is 12.7 Å². The Bertz CT molecular complexity index is 473. The summed E-state index contributed by atoms with van der Waals surface area (Å²) in [6.07, 6.45) is -5.00. The first kappa shape index (κ1) is 12.7. The zero-order chi connectivity index (χ0) is 13.3. The monoisotopic (exact) mass is 263 g/mol. The van der Waals surface area contributed by atoms with E-state index in [9.17, 15) is 22.4 Å². The number of nitrogens with one attached hydrogen (secondary N) is 1. The fourth-order valence-electron chi connectivity index (χ4n) is 1.75. The van der Waals surface area contributed by atoms with Crippen LogP contribution in [0.15, 0.2) is 18.2 Å². The van der Waals surface area contributed by atoms with Gasteiger partial charge in [0.05, 0.1) is 18.2 Å². The van der Waals surface area contributed by atoms with Gasteiger partial charge in [0.2, 0.25) is 0 Å². The summed E-state index contributed by atoms with van der Waals surface area (Å²) in [7, 11) is 0. The molecule has 3 nitrogen and oxygen atoms in total. The number of alkyl carbamates (subject to hydrolysis) is 1. The van der Waals surface area contributed by atoms with E-state index in [0.29, 0.717) is 12.5 Å². The molecule has 0 radical (unpaired) electrons. The molecule has 1 aromatic rings. The van der Waals surface area contributed by atoms with Crippen molar-refractivity contribution in [1.82, 2.24) is 5.32 Å². The smallest absolute Gasteiger partial charge is 0.419 e. The lowest BCUT2D eigenvalue weighted by molar-refractivity contribution is -0.140. The van der Waals surface area contributed by atoms with Crippen LogP contribution in [0.4, 0.5) is 22.4 Å². The van der Waals surface area contributed by atoms with Crippen LogP contribution in [0, 0.1) is 5.82 Å². The van der Waals surface area contributed by atoms with Crippen molar-refractivity contribution < 1.29 is 27.1 Å². The Kier molecular flexibility index (Phi) is 3.14.